The van der Waals surface area contributed by atoms with Gasteiger partial charge in [-0.3, -0.25) is 0 Å². The zero-order chi connectivity index (χ0) is 12.5. The Morgan fingerprint density at radius 3 is 2.67 bits per heavy atom. The van der Waals surface area contributed by atoms with Crippen molar-refractivity contribution in [2.45, 2.75) is 32.2 Å². The summed E-state index contributed by atoms with van der Waals surface area (Å²) in [6.45, 7) is 2.33. The molecule has 1 heterocycles. The van der Waals surface area contributed by atoms with E-state index in [-0.39, 0.29) is 0 Å². The topological polar surface area (TPSA) is 20.7 Å². The maximum Gasteiger partial charge on any atom is 0.177 e. The van der Waals surface area contributed by atoms with Crippen molar-refractivity contribution in [3.8, 4) is 11.3 Å². The summed E-state index contributed by atoms with van der Waals surface area (Å²) in [6.07, 6.45) is 5.84. The standard InChI is InChI=1S/C15H18N2S/c1-11-7-8-13(9-11)17-14(10-16-15(17)18)12-5-3-2-4-6-12/h2-6,10-11,13H,7-9H2,1H3,(H,16,18). The highest BCUT2D eigenvalue weighted by atomic mass is 32.1. The molecular formula is C15H18N2S. The fourth-order valence-corrected chi connectivity index (χ4v) is 3.29. The van der Waals surface area contributed by atoms with E-state index in [9.17, 15) is 0 Å². The largest absolute Gasteiger partial charge is 0.337 e. The average molecular weight is 258 g/mol. The number of H-pyrrole nitrogens is 1. The number of aromatic amines is 1. The fourth-order valence-electron chi connectivity index (χ4n) is 2.98. The highest BCUT2D eigenvalue weighted by Gasteiger charge is 2.25. The van der Waals surface area contributed by atoms with Crippen molar-refractivity contribution < 1.29 is 0 Å². The highest BCUT2D eigenvalue weighted by molar-refractivity contribution is 7.71. The van der Waals surface area contributed by atoms with Gasteiger partial charge in [-0.1, -0.05) is 37.3 Å². The lowest BCUT2D eigenvalue weighted by atomic mass is 10.1. The van der Waals surface area contributed by atoms with Crippen molar-refractivity contribution in [2.75, 3.05) is 0 Å². The van der Waals surface area contributed by atoms with E-state index in [2.05, 4.69) is 40.7 Å². The number of aromatic nitrogens is 2. The van der Waals surface area contributed by atoms with Crippen molar-refractivity contribution >= 4 is 12.2 Å². The van der Waals surface area contributed by atoms with Crippen molar-refractivity contribution in [3.63, 3.8) is 0 Å². The third-order valence-corrected chi connectivity index (χ3v) is 4.23. The van der Waals surface area contributed by atoms with Crippen molar-refractivity contribution in [1.82, 2.24) is 9.55 Å². The Bertz CT molecular complexity index is 582. The molecule has 1 N–H and O–H groups in total. The Balaban J connectivity index is 2.05. The quantitative estimate of drug-likeness (QED) is 0.782. The molecule has 1 aromatic heterocycles. The minimum absolute atomic E-state index is 0.564. The predicted octanol–water partition coefficient (Wildman–Crippen LogP) is 4.57. The predicted molar refractivity (Wildman–Crippen MR) is 77.1 cm³/mol. The summed E-state index contributed by atoms with van der Waals surface area (Å²) in [7, 11) is 0. The van der Waals surface area contributed by atoms with Gasteiger partial charge < -0.3 is 9.55 Å². The molecular weight excluding hydrogens is 240 g/mol. The first-order valence-electron chi connectivity index (χ1n) is 6.61. The van der Waals surface area contributed by atoms with Gasteiger partial charge in [-0.25, -0.2) is 0 Å². The van der Waals surface area contributed by atoms with Crippen LogP contribution in [0.25, 0.3) is 11.3 Å². The first-order valence-corrected chi connectivity index (χ1v) is 7.02. The number of nitrogens with one attached hydrogen (secondary N) is 1. The van der Waals surface area contributed by atoms with Crippen LogP contribution in [0.15, 0.2) is 36.5 Å². The van der Waals surface area contributed by atoms with Crippen LogP contribution in [0.1, 0.15) is 32.2 Å². The first-order chi connectivity index (χ1) is 8.75. The van der Waals surface area contributed by atoms with Crippen molar-refractivity contribution in [2.24, 2.45) is 5.92 Å². The summed E-state index contributed by atoms with van der Waals surface area (Å²) in [5.74, 6) is 0.815. The van der Waals surface area contributed by atoms with Gasteiger partial charge in [0.25, 0.3) is 0 Å². The van der Waals surface area contributed by atoms with E-state index in [0.717, 1.165) is 10.7 Å². The zero-order valence-corrected chi connectivity index (χ0v) is 11.4. The zero-order valence-electron chi connectivity index (χ0n) is 10.6. The van der Waals surface area contributed by atoms with Gasteiger partial charge in [0, 0.05) is 12.2 Å². The maximum absolute atomic E-state index is 5.46. The van der Waals surface area contributed by atoms with Crippen LogP contribution in [0, 0.1) is 10.7 Å². The summed E-state index contributed by atoms with van der Waals surface area (Å²) < 4.78 is 3.17. The minimum atomic E-state index is 0.564. The lowest BCUT2D eigenvalue weighted by Gasteiger charge is -2.15. The smallest absolute Gasteiger partial charge is 0.177 e. The van der Waals surface area contributed by atoms with Crippen LogP contribution < -0.4 is 0 Å². The van der Waals surface area contributed by atoms with Crippen LogP contribution in [-0.2, 0) is 0 Å². The molecule has 3 rings (SSSR count). The van der Waals surface area contributed by atoms with Crippen LogP contribution in [0.4, 0.5) is 0 Å². The number of hydrogen-bond donors (Lipinski definition) is 1. The van der Waals surface area contributed by atoms with Crippen molar-refractivity contribution in [3.05, 3.63) is 41.3 Å². The van der Waals surface area contributed by atoms with E-state index in [1.165, 1.54) is 30.5 Å². The van der Waals surface area contributed by atoms with Gasteiger partial charge in [-0.05, 0) is 43.0 Å². The molecule has 0 aliphatic heterocycles. The Morgan fingerprint density at radius 2 is 2.00 bits per heavy atom. The molecule has 1 saturated carbocycles. The second kappa shape index (κ2) is 4.73. The van der Waals surface area contributed by atoms with Crippen molar-refractivity contribution in [1.29, 1.82) is 0 Å². The summed E-state index contributed by atoms with van der Waals surface area (Å²) in [6, 6.07) is 11.1. The Kier molecular flexibility index (Phi) is 3.08. The van der Waals surface area contributed by atoms with Crippen LogP contribution >= 0.6 is 12.2 Å². The van der Waals surface area contributed by atoms with E-state index in [1.54, 1.807) is 0 Å². The number of imidazole rings is 1. The molecule has 18 heavy (non-hydrogen) atoms. The average Bonchev–Trinajstić information content (AvgIpc) is 2.96. The second-order valence-electron chi connectivity index (χ2n) is 5.29. The van der Waals surface area contributed by atoms with Gasteiger partial charge >= 0.3 is 0 Å². The molecule has 0 saturated heterocycles. The van der Waals surface area contributed by atoms with E-state index >= 15 is 0 Å². The van der Waals surface area contributed by atoms with Gasteiger partial charge in [-0.2, -0.15) is 0 Å². The number of benzene rings is 1. The minimum Gasteiger partial charge on any atom is -0.337 e. The second-order valence-corrected chi connectivity index (χ2v) is 5.67. The SMILES string of the molecule is CC1CCC(n2c(-c3ccccc3)c[nH]c2=S)C1. The Morgan fingerprint density at radius 1 is 1.22 bits per heavy atom. The molecule has 0 spiro atoms. The highest BCUT2D eigenvalue weighted by Crippen LogP contribution is 2.37. The Hall–Kier alpha value is -1.35. The van der Waals surface area contributed by atoms with Crippen LogP contribution in [0.2, 0.25) is 0 Å². The molecule has 0 radical (unpaired) electrons. The lowest BCUT2D eigenvalue weighted by molar-refractivity contribution is 0.493. The van der Waals surface area contributed by atoms with Gasteiger partial charge in [0.2, 0.25) is 0 Å². The molecule has 1 aliphatic rings. The van der Waals surface area contributed by atoms with Gasteiger partial charge in [0.1, 0.15) is 0 Å². The molecule has 1 fully saturated rings. The third-order valence-electron chi connectivity index (χ3n) is 3.91. The number of nitrogens with zero attached hydrogens (tertiary/aromatic N) is 1. The normalized spacial score (nSPS) is 23.4. The van der Waals surface area contributed by atoms with E-state index in [4.69, 9.17) is 12.2 Å². The maximum atomic E-state index is 5.46. The molecule has 2 aromatic rings. The fraction of sp³-hybridized carbons (Fsp3) is 0.400. The van der Waals surface area contributed by atoms with E-state index in [0.29, 0.717) is 6.04 Å². The summed E-state index contributed by atoms with van der Waals surface area (Å²) >= 11 is 5.46. The van der Waals surface area contributed by atoms with Crippen LogP contribution in [-0.4, -0.2) is 9.55 Å². The molecule has 2 nitrogen and oxygen atoms in total. The number of rotatable bonds is 2. The van der Waals surface area contributed by atoms with Crippen LogP contribution in [0.3, 0.4) is 0 Å². The molecule has 1 aliphatic carbocycles. The summed E-state index contributed by atoms with van der Waals surface area (Å²) in [5.41, 5.74) is 2.46. The molecule has 0 amide bonds. The van der Waals surface area contributed by atoms with Gasteiger partial charge in [0.05, 0.1) is 5.69 Å². The monoisotopic (exact) mass is 258 g/mol. The van der Waals surface area contributed by atoms with Crippen LogP contribution in [0.5, 0.6) is 0 Å². The van der Waals surface area contributed by atoms with Gasteiger partial charge in [0.15, 0.2) is 4.77 Å². The summed E-state index contributed by atoms with van der Waals surface area (Å²) in [5, 5.41) is 0. The lowest BCUT2D eigenvalue weighted by Crippen LogP contribution is -2.07. The van der Waals surface area contributed by atoms with Gasteiger partial charge in [-0.15, -0.1) is 0 Å². The summed E-state index contributed by atoms with van der Waals surface area (Å²) in [4.78, 5) is 3.21. The molecule has 94 valence electrons. The van der Waals surface area contributed by atoms with E-state index in [1.807, 2.05) is 12.3 Å². The van der Waals surface area contributed by atoms with E-state index < -0.39 is 0 Å². The third kappa shape index (κ3) is 2.03. The molecule has 0 bridgehead atoms. The molecule has 2 unspecified atom stereocenters. The first kappa shape index (κ1) is 11.7. The molecule has 3 heteroatoms. The number of hydrogen-bond acceptors (Lipinski definition) is 1. The molecule has 1 aromatic carbocycles. The molecule has 2 atom stereocenters. The Labute approximate surface area is 113 Å².